The predicted octanol–water partition coefficient (Wildman–Crippen LogP) is 0.764. The van der Waals surface area contributed by atoms with E-state index in [0.717, 1.165) is 0 Å². The van der Waals surface area contributed by atoms with Gasteiger partial charge in [0.2, 0.25) is 0 Å². The standard InChI is InChI=1S/C16H21NO7/c1-22-11-9-13(24-3)12(23-2)8-10(11)14(18)17-6-4-16(21,5-7-17)15(19)20/h8-9,21H,4-7H2,1-3H3,(H,19,20). The number of likely N-dealkylation sites (tertiary alicyclic amines) is 1. The highest BCUT2D eigenvalue weighted by Crippen LogP contribution is 2.36. The largest absolute Gasteiger partial charge is 0.496 e. The molecule has 1 saturated heterocycles. The second-order valence-electron chi connectivity index (χ2n) is 5.54. The molecule has 2 N–H and O–H groups in total. The molecule has 0 radical (unpaired) electrons. The van der Waals surface area contributed by atoms with Crippen LogP contribution in [-0.2, 0) is 4.79 Å². The summed E-state index contributed by atoms with van der Waals surface area (Å²) in [5.41, 5.74) is -1.49. The molecular formula is C16H21NO7. The third-order valence-corrected chi connectivity index (χ3v) is 4.21. The quantitative estimate of drug-likeness (QED) is 0.816. The van der Waals surface area contributed by atoms with Crippen molar-refractivity contribution in [3.8, 4) is 17.2 Å². The number of aliphatic hydroxyl groups is 1. The lowest BCUT2D eigenvalue weighted by atomic mass is 9.91. The Morgan fingerprint density at radius 1 is 1.00 bits per heavy atom. The van der Waals surface area contributed by atoms with E-state index in [0.29, 0.717) is 17.2 Å². The first kappa shape index (κ1) is 17.9. The molecule has 1 aromatic carbocycles. The van der Waals surface area contributed by atoms with Gasteiger partial charge in [-0.3, -0.25) is 4.79 Å². The van der Waals surface area contributed by atoms with Gasteiger partial charge in [0, 0.05) is 38.1 Å². The first-order chi connectivity index (χ1) is 11.4. The average Bonchev–Trinajstić information content (AvgIpc) is 2.60. The van der Waals surface area contributed by atoms with Crippen LogP contribution in [0, 0.1) is 0 Å². The highest BCUT2D eigenvalue weighted by atomic mass is 16.5. The number of benzene rings is 1. The second kappa shape index (κ2) is 6.96. The number of rotatable bonds is 5. The molecule has 1 aromatic rings. The Kier molecular flexibility index (Phi) is 5.18. The molecule has 1 aliphatic heterocycles. The first-order valence-electron chi connectivity index (χ1n) is 7.41. The lowest BCUT2D eigenvalue weighted by molar-refractivity contribution is -0.162. The molecule has 1 fully saturated rings. The molecule has 2 rings (SSSR count). The Labute approximate surface area is 139 Å². The maximum absolute atomic E-state index is 12.7. The highest BCUT2D eigenvalue weighted by Gasteiger charge is 2.40. The number of nitrogens with zero attached hydrogens (tertiary/aromatic N) is 1. The van der Waals surface area contributed by atoms with Gasteiger partial charge in [0.15, 0.2) is 17.1 Å². The Hall–Kier alpha value is -2.48. The second-order valence-corrected chi connectivity index (χ2v) is 5.54. The van der Waals surface area contributed by atoms with Crippen molar-refractivity contribution in [2.75, 3.05) is 34.4 Å². The minimum atomic E-state index is -1.78. The molecule has 1 amide bonds. The number of amides is 1. The molecule has 0 aromatic heterocycles. The third kappa shape index (κ3) is 3.23. The molecule has 0 unspecified atom stereocenters. The van der Waals surface area contributed by atoms with Crippen LogP contribution in [0.3, 0.4) is 0 Å². The SMILES string of the molecule is COc1cc(OC)c(C(=O)N2CCC(O)(C(=O)O)CC2)cc1OC. The normalized spacial score (nSPS) is 16.4. The van der Waals surface area contributed by atoms with E-state index in [1.807, 2.05) is 0 Å². The maximum atomic E-state index is 12.7. The Morgan fingerprint density at radius 2 is 1.50 bits per heavy atom. The lowest BCUT2D eigenvalue weighted by Gasteiger charge is -2.35. The third-order valence-electron chi connectivity index (χ3n) is 4.21. The van der Waals surface area contributed by atoms with Crippen molar-refractivity contribution < 1.29 is 34.0 Å². The fraction of sp³-hybridized carbons (Fsp3) is 0.500. The zero-order chi connectivity index (χ0) is 17.9. The zero-order valence-electron chi connectivity index (χ0n) is 13.9. The van der Waals surface area contributed by atoms with E-state index < -0.39 is 11.6 Å². The zero-order valence-corrected chi connectivity index (χ0v) is 13.9. The van der Waals surface area contributed by atoms with Crippen LogP contribution >= 0.6 is 0 Å². The molecule has 0 spiro atoms. The monoisotopic (exact) mass is 339 g/mol. The summed E-state index contributed by atoms with van der Waals surface area (Å²) in [6.45, 7) is 0.276. The number of piperidine rings is 1. The van der Waals surface area contributed by atoms with Gasteiger partial charge in [-0.05, 0) is 0 Å². The summed E-state index contributed by atoms with van der Waals surface area (Å²) in [5.74, 6) is -0.430. The minimum Gasteiger partial charge on any atom is -0.496 e. The van der Waals surface area contributed by atoms with Gasteiger partial charge in [-0.1, -0.05) is 0 Å². The topological polar surface area (TPSA) is 106 Å². The van der Waals surface area contributed by atoms with Gasteiger partial charge >= 0.3 is 5.97 Å². The number of hydrogen-bond donors (Lipinski definition) is 2. The molecule has 0 aliphatic carbocycles. The van der Waals surface area contributed by atoms with E-state index in [4.69, 9.17) is 19.3 Å². The Morgan fingerprint density at radius 3 is 1.96 bits per heavy atom. The van der Waals surface area contributed by atoms with Gasteiger partial charge in [-0.25, -0.2) is 4.79 Å². The van der Waals surface area contributed by atoms with Gasteiger partial charge < -0.3 is 29.3 Å². The van der Waals surface area contributed by atoms with Crippen LogP contribution in [0.25, 0.3) is 0 Å². The number of carboxylic acid groups (broad SMARTS) is 1. The van der Waals surface area contributed by atoms with Crippen molar-refractivity contribution >= 4 is 11.9 Å². The van der Waals surface area contributed by atoms with E-state index in [1.54, 1.807) is 6.07 Å². The van der Waals surface area contributed by atoms with Gasteiger partial charge in [0.25, 0.3) is 5.91 Å². The summed E-state index contributed by atoms with van der Waals surface area (Å²) in [6, 6.07) is 3.08. The molecule has 1 heterocycles. The number of aliphatic carboxylic acids is 1. The number of hydrogen-bond acceptors (Lipinski definition) is 6. The summed E-state index contributed by atoms with van der Waals surface area (Å²) < 4.78 is 15.6. The van der Waals surface area contributed by atoms with E-state index in [-0.39, 0.29) is 37.4 Å². The smallest absolute Gasteiger partial charge is 0.335 e. The molecule has 1 aliphatic rings. The molecule has 8 nitrogen and oxygen atoms in total. The van der Waals surface area contributed by atoms with Crippen molar-refractivity contribution in [3.05, 3.63) is 17.7 Å². The van der Waals surface area contributed by atoms with E-state index >= 15 is 0 Å². The van der Waals surface area contributed by atoms with Crippen LogP contribution in [0.1, 0.15) is 23.2 Å². The number of carbonyl (C=O) groups excluding carboxylic acids is 1. The number of carbonyl (C=O) groups is 2. The molecule has 0 bridgehead atoms. The van der Waals surface area contributed by atoms with Crippen molar-refractivity contribution in [3.63, 3.8) is 0 Å². The lowest BCUT2D eigenvalue weighted by Crippen LogP contribution is -2.50. The summed E-state index contributed by atoms with van der Waals surface area (Å²) in [4.78, 5) is 25.3. The van der Waals surface area contributed by atoms with Gasteiger partial charge in [0.1, 0.15) is 5.75 Å². The fourth-order valence-electron chi connectivity index (χ4n) is 2.66. The van der Waals surface area contributed by atoms with Crippen molar-refractivity contribution in [2.45, 2.75) is 18.4 Å². The molecular weight excluding hydrogens is 318 g/mol. The minimum absolute atomic E-state index is 0.0241. The van der Waals surface area contributed by atoms with Crippen LogP contribution in [0.15, 0.2) is 12.1 Å². The fourth-order valence-corrected chi connectivity index (χ4v) is 2.66. The summed E-state index contributed by atoms with van der Waals surface area (Å²) in [5, 5.41) is 19.0. The maximum Gasteiger partial charge on any atom is 0.335 e. The summed E-state index contributed by atoms with van der Waals surface area (Å²) in [7, 11) is 4.39. The van der Waals surface area contributed by atoms with Gasteiger partial charge in [0.05, 0.1) is 26.9 Å². The number of carboxylic acids is 1. The summed E-state index contributed by atoms with van der Waals surface area (Å²) in [6.07, 6.45) is -0.0483. The molecule has 0 atom stereocenters. The number of ether oxygens (including phenoxy) is 3. The highest BCUT2D eigenvalue weighted by molar-refractivity contribution is 5.98. The van der Waals surface area contributed by atoms with E-state index in [2.05, 4.69) is 0 Å². The van der Waals surface area contributed by atoms with Crippen LogP contribution < -0.4 is 14.2 Å². The van der Waals surface area contributed by atoms with Crippen LogP contribution in [0.4, 0.5) is 0 Å². The Bertz CT molecular complexity index is 636. The predicted molar refractivity (Wildman–Crippen MR) is 83.8 cm³/mol. The molecule has 24 heavy (non-hydrogen) atoms. The van der Waals surface area contributed by atoms with Crippen molar-refractivity contribution in [1.82, 2.24) is 4.90 Å². The van der Waals surface area contributed by atoms with Gasteiger partial charge in [-0.2, -0.15) is 0 Å². The van der Waals surface area contributed by atoms with Crippen LogP contribution in [-0.4, -0.2) is 67.0 Å². The van der Waals surface area contributed by atoms with Crippen LogP contribution in [0.5, 0.6) is 17.2 Å². The van der Waals surface area contributed by atoms with E-state index in [1.165, 1.54) is 32.3 Å². The van der Waals surface area contributed by atoms with Crippen LogP contribution in [0.2, 0.25) is 0 Å². The molecule has 132 valence electrons. The van der Waals surface area contributed by atoms with Gasteiger partial charge in [-0.15, -0.1) is 0 Å². The molecule has 8 heteroatoms. The number of methoxy groups -OCH3 is 3. The van der Waals surface area contributed by atoms with Crippen molar-refractivity contribution in [2.24, 2.45) is 0 Å². The first-order valence-corrected chi connectivity index (χ1v) is 7.41. The molecule has 0 saturated carbocycles. The summed E-state index contributed by atoms with van der Waals surface area (Å²) >= 11 is 0. The van der Waals surface area contributed by atoms with Crippen molar-refractivity contribution in [1.29, 1.82) is 0 Å². The van der Waals surface area contributed by atoms with E-state index in [9.17, 15) is 14.7 Å². The average molecular weight is 339 g/mol. The Balaban J connectivity index is 2.26.